The summed E-state index contributed by atoms with van der Waals surface area (Å²) in [5.41, 5.74) is 1.56. The van der Waals surface area contributed by atoms with Crippen molar-refractivity contribution in [1.29, 1.82) is 0 Å². The highest BCUT2D eigenvalue weighted by Gasteiger charge is 2.12. The van der Waals surface area contributed by atoms with Gasteiger partial charge in [-0.05, 0) is 30.3 Å². The van der Waals surface area contributed by atoms with Crippen LogP contribution in [0, 0.1) is 0 Å². The van der Waals surface area contributed by atoms with Crippen LogP contribution in [0.1, 0.15) is 11.7 Å². The fraction of sp³-hybridized carbons (Fsp3) is 0.118. The number of benzene rings is 2. The van der Waals surface area contributed by atoms with Crippen molar-refractivity contribution in [3.05, 3.63) is 71.4 Å². The number of fused-ring (bicyclic) bond motifs is 1. The van der Waals surface area contributed by atoms with Crippen LogP contribution in [0.4, 0.5) is 0 Å². The molecule has 21 heavy (non-hydrogen) atoms. The van der Waals surface area contributed by atoms with Crippen LogP contribution in [0.5, 0.6) is 5.75 Å². The van der Waals surface area contributed by atoms with Gasteiger partial charge in [0, 0.05) is 22.2 Å². The minimum absolute atomic E-state index is 0.164. The van der Waals surface area contributed by atoms with Crippen molar-refractivity contribution in [2.24, 2.45) is 0 Å². The van der Waals surface area contributed by atoms with Crippen LogP contribution < -0.4 is 4.74 Å². The number of halogens is 1. The van der Waals surface area contributed by atoms with Crippen LogP contribution in [-0.2, 0) is 0 Å². The summed E-state index contributed by atoms with van der Waals surface area (Å²) in [6.45, 7) is 0.164. The van der Waals surface area contributed by atoms with Crippen molar-refractivity contribution in [1.82, 2.24) is 4.98 Å². The number of nitrogens with zero attached hydrogens (tertiary/aromatic N) is 1. The van der Waals surface area contributed by atoms with Gasteiger partial charge in [0.25, 0.3) is 0 Å². The lowest BCUT2D eigenvalue weighted by molar-refractivity contribution is 0.109. The number of pyridine rings is 1. The molecule has 1 heterocycles. The zero-order valence-electron chi connectivity index (χ0n) is 11.2. The van der Waals surface area contributed by atoms with E-state index in [1.807, 2.05) is 30.3 Å². The van der Waals surface area contributed by atoms with Gasteiger partial charge in [-0.2, -0.15) is 0 Å². The molecule has 0 aliphatic heterocycles. The molecule has 0 spiro atoms. The molecule has 0 aliphatic carbocycles. The molecule has 0 bridgehead atoms. The summed E-state index contributed by atoms with van der Waals surface area (Å²) in [6, 6.07) is 16.6. The molecule has 106 valence electrons. The zero-order chi connectivity index (χ0) is 14.7. The van der Waals surface area contributed by atoms with Gasteiger partial charge in [0.05, 0.1) is 5.52 Å². The van der Waals surface area contributed by atoms with E-state index in [9.17, 15) is 5.11 Å². The SMILES string of the molecule is OC(COc1ccc(Cl)cc1)c1cccc2cccnc12. The number of para-hydroxylation sites is 1. The van der Waals surface area contributed by atoms with Crippen molar-refractivity contribution >= 4 is 22.5 Å². The van der Waals surface area contributed by atoms with Gasteiger partial charge in [0.1, 0.15) is 18.5 Å². The number of hydrogen-bond donors (Lipinski definition) is 1. The van der Waals surface area contributed by atoms with E-state index in [1.165, 1.54) is 0 Å². The molecule has 1 aromatic heterocycles. The van der Waals surface area contributed by atoms with Crippen molar-refractivity contribution < 1.29 is 9.84 Å². The van der Waals surface area contributed by atoms with Gasteiger partial charge in [-0.3, -0.25) is 4.98 Å². The molecule has 3 rings (SSSR count). The maximum atomic E-state index is 10.3. The van der Waals surface area contributed by atoms with E-state index in [1.54, 1.807) is 30.5 Å². The molecule has 3 aromatic rings. The maximum absolute atomic E-state index is 10.3. The van der Waals surface area contributed by atoms with Gasteiger partial charge in [-0.15, -0.1) is 0 Å². The minimum atomic E-state index is -0.737. The van der Waals surface area contributed by atoms with E-state index in [0.29, 0.717) is 10.8 Å². The van der Waals surface area contributed by atoms with Crippen LogP contribution in [-0.4, -0.2) is 16.7 Å². The van der Waals surface area contributed by atoms with E-state index in [0.717, 1.165) is 16.5 Å². The fourth-order valence-electron chi connectivity index (χ4n) is 2.19. The topological polar surface area (TPSA) is 42.4 Å². The molecule has 0 aliphatic rings. The number of aliphatic hydroxyl groups is 1. The number of ether oxygens (including phenoxy) is 1. The molecule has 0 saturated heterocycles. The third kappa shape index (κ3) is 3.15. The van der Waals surface area contributed by atoms with Crippen LogP contribution in [0.15, 0.2) is 60.8 Å². The number of aromatic nitrogens is 1. The van der Waals surface area contributed by atoms with Crippen LogP contribution in [0.3, 0.4) is 0 Å². The monoisotopic (exact) mass is 299 g/mol. The Hall–Kier alpha value is -2.10. The lowest BCUT2D eigenvalue weighted by Gasteiger charge is -2.14. The third-order valence-electron chi connectivity index (χ3n) is 3.24. The zero-order valence-corrected chi connectivity index (χ0v) is 12.0. The van der Waals surface area contributed by atoms with Crippen molar-refractivity contribution in [3.63, 3.8) is 0 Å². The first kappa shape index (κ1) is 13.9. The Morgan fingerprint density at radius 2 is 1.81 bits per heavy atom. The molecule has 4 heteroatoms. The van der Waals surface area contributed by atoms with E-state index < -0.39 is 6.10 Å². The van der Waals surface area contributed by atoms with Gasteiger partial charge in [-0.25, -0.2) is 0 Å². The molecule has 1 unspecified atom stereocenters. The molecule has 0 amide bonds. The Labute approximate surface area is 127 Å². The van der Waals surface area contributed by atoms with Gasteiger partial charge in [-0.1, -0.05) is 35.9 Å². The van der Waals surface area contributed by atoms with Crippen LogP contribution >= 0.6 is 11.6 Å². The van der Waals surface area contributed by atoms with Crippen LogP contribution in [0.25, 0.3) is 10.9 Å². The Morgan fingerprint density at radius 1 is 1.05 bits per heavy atom. The highest BCUT2D eigenvalue weighted by atomic mass is 35.5. The molecule has 0 fully saturated rings. The normalized spacial score (nSPS) is 12.3. The summed E-state index contributed by atoms with van der Waals surface area (Å²) in [4.78, 5) is 4.34. The maximum Gasteiger partial charge on any atom is 0.119 e. The largest absolute Gasteiger partial charge is 0.491 e. The van der Waals surface area contributed by atoms with E-state index in [4.69, 9.17) is 16.3 Å². The Kier molecular flexibility index (Phi) is 4.04. The van der Waals surface area contributed by atoms with Crippen molar-refractivity contribution in [2.45, 2.75) is 6.10 Å². The standard InChI is InChI=1S/C17H14ClNO2/c18-13-6-8-14(9-7-13)21-11-16(20)15-5-1-3-12-4-2-10-19-17(12)15/h1-10,16,20H,11H2. The first-order valence-electron chi connectivity index (χ1n) is 6.64. The summed E-state index contributed by atoms with van der Waals surface area (Å²) in [5, 5.41) is 12.0. The first-order valence-corrected chi connectivity index (χ1v) is 7.02. The smallest absolute Gasteiger partial charge is 0.119 e. The molecule has 0 radical (unpaired) electrons. The molecule has 0 saturated carbocycles. The van der Waals surface area contributed by atoms with Gasteiger partial charge >= 0.3 is 0 Å². The molecular formula is C17H14ClNO2. The summed E-state index contributed by atoms with van der Waals surface area (Å²) < 4.78 is 5.59. The Balaban J connectivity index is 1.78. The lowest BCUT2D eigenvalue weighted by Crippen LogP contribution is -2.10. The van der Waals surface area contributed by atoms with E-state index in [2.05, 4.69) is 4.98 Å². The lowest BCUT2D eigenvalue weighted by atomic mass is 10.1. The second-order valence-electron chi connectivity index (χ2n) is 4.70. The highest BCUT2D eigenvalue weighted by Crippen LogP contribution is 2.23. The van der Waals surface area contributed by atoms with Gasteiger partial charge in [0.2, 0.25) is 0 Å². The highest BCUT2D eigenvalue weighted by molar-refractivity contribution is 6.30. The molecule has 1 N–H and O–H groups in total. The number of rotatable bonds is 4. The average molecular weight is 300 g/mol. The second kappa shape index (κ2) is 6.12. The van der Waals surface area contributed by atoms with E-state index in [-0.39, 0.29) is 6.61 Å². The summed E-state index contributed by atoms with van der Waals surface area (Å²) in [5.74, 6) is 0.673. The summed E-state index contributed by atoms with van der Waals surface area (Å²) >= 11 is 5.82. The van der Waals surface area contributed by atoms with E-state index >= 15 is 0 Å². The molecule has 2 aromatic carbocycles. The fourth-order valence-corrected chi connectivity index (χ4v) is 2.32. The summed E-state index contributed by atoms with van der Waals surface area (Å²) in [6.07, 6.45) is 0.984. The van der Waals surface area contributed by atoms with Crippen LogP contribution in [0.2, 0.25) is 5.02 Å². The predicted octanol–water partition coefficient (Wildman–Crippen LogP) is 4.00. The number of aliphatic hydroxyl groups excluding tert-OH is 1. The molecular weight excluding hydrogens is 286 g/mol. The molecule has 1 atom stereocenters. The quantitative estimate of drug-likeness (QED) is 0.792. The molecule has 3 nitrogen and oxygen atoms in total. The Morgan fingerprint density at radius 3 is 2.62 bits per heavy atom. The first-order chi connectivity index (χ1) is 10.2. The Bertz CT molecular complexity index is 738. The second-order valence-corrected chi connectivity index (χ2v) is 5.14. The van der Waals surface area contributed by atoms with Crippen molar-refractivity contribution in [3.8, 4) is 5.75 Å². The predicted molar refractivity (Wildman–Crippen MR) is 83.6 cm³/mol. The third-order valence-corrected chi connectivity index (χ3v) is 3.50. The number of hydrogen-bond acceptors (Lipinski definition) is 3. The van der Waals surface area contributed by atoms with Gasteiger partial charge in [0.15, 0.2) is 0 Å². The van der Waals surface area contributed by atoms with Crippen molar-refractivity contribution in [2.75, 3.05) is 6.61 Å². The minimum Gasteiger partial charge on any atom is -0.491 e. The summed E-state index contributed by atoms with van der Waals surface area (Å²) in [7, 11) is 0. The average Bonchev–Trinajstić information content (AvgIpc) is 2.53. The van der Waals surface area contributed by atoms with Gasteiger partial charge < -0.3 is 9.84 Å².